The van der Waals surface area contributed by atoms with E-state index in [1.54, 1.807) is 4.90 Å². The van der Waals surface area contributed by atoms with Crippen molar-refractivity contribution in [1.29, 1.82) is 0 Å². The molecule has 4 nitrogen and oxygen atoms in total. The van der Waals surface area contributed by atoms with Crippen molar-refractivity contribution in [2.24, 2.45) is 0 Å². The van der Waals surface area contributed by atoms with Crippen molar-refractivity contribution in [2.75, 3.05) is 23.7 Å². The second-order valence-electron chi connectivity index (χ2n) is 6.94. The predicted octanol–water partition coefficient (Wildman–Crippen LogP) is 4.00. The number of thioether (sulfide) groups is 1. The summed E-state index contributed by atoms with van der Waals surface area (Å²) in [5, 5.41) is 3.84. The van der Waals surface area contributed by atoms with Gasteiger partial charge in [0, 0.05) is 36.0 Å². The molecule has 0 unspecified atom stereocenters. The first kappa shape index (κ1) is 18.3. The van der Waals surface area contributed by atoms with Gasteiger partial charge in [0.05, 0.1) is 0 Å². The zero-order valence-corrected chi connectivity index (χ0v) is 15.7. The normalized spacial score (nSPS) is 18.6. The lowest BCUT2D eigenvalue weighted by atomic mass is 10.0. The molecule has 0 atom stereocenters. The number of carbonyl (C=O) groups excluding carboxylic acids is 2. The molecule has 1 aromatic rings. The van der Waals surface area contributed by atoms with Crippen LogP contribution >= 0.6 is 11.8 Å². The number of nitrogens with zero attached hydrogens (tertiary/aromatic N) is 1. The molecule has 1 N–H and O–H groups in total. The van der Waals surface area contributed by atoms with E-state index < -0.39 is 0 Å². The van der Waals surface area contributed by atoms with Gasteiger partial charge in [-0.05, 0) is 55.7 Å². The summed E-state index contributed by atoms with van der Waals surface area (Å²) < 4.78 is 0. The van der Waals surface area contributed by atoms with E-state index in [0.717, 1.165) is 42.6 Å². The van der Waals surface area contributed by atoms with Crippen LogP contribution in [0.25, 0.3) is 0 Å². The van der Waals surface area contributed by atoms with E-state index >= 15 is 0 Å². The molecule has 136 valence electrons. The molecule has 2 amide bonds. The molecule has 5 heteroatoms. The van der Waals surface area contributed by atoms with Gasteiger partial charge in [-0.25, -0.2) is 0 Å². The van der Waals surface area contributed by atoms with Gasteiger partial charge in [-0.2, -0.15) is 11.8 Å². The number of rotatable bonds is 7. The van der Waals surface area contributed by atoms with Crippen LogP contribution in [-0.2, 0) is 4.79 Å². The van der Waals surface area contributed by atoms with Gasteiger partial charge >= 0.3 is 0 Å². The molecule has 1 heterocycles. The molecule has 0 spiro atoms. The highest BCUT2D eigenvalue weighted by Gasteiger charge is 2.21. The van der Waals surface area contributed by atoms with Crippen LogP contribution in [0.2, 0.25) is 0 Å². The molecule has 0 aromatic heterocycles. The molecule has 1 aliphatic carbocycles. The van der Waals surface area contributed by atoms with Crippen LogP contribution in [0.15, 0.2) is 24.3 Å². The average Bonchev–Trinajstić information content (AvgIpc) is 3.08. The summed E-state index contributed by atoms with van der Waals surface area (Å²) in [5.74, 6) is 1.27. The van der Waals surface area contributed by atoms with Gasteiger partial charge in [0.25, 0.3) is 5.91 Å². The number of hydrogen-bond donors (Lipinski definition) is 1. The molecule has 25 heavy (non-hydrogen) atoms. The topological polar surface area (TPSA) is 49.4 Å². The summed E-state index contributed by atoms with van der Waals surface area (Å²) in [6.07, 6.45) is 9.46. The van der Waals surface area contributed by atoms with Crippen molar-refractivity contribution in [1.82, 2.24) is 5.32 Å². The highest BCUT2D eigenvalue weighted by atomic mass is 32.2. The van der Waals surface area contributed by atoms with Gasteiger partial charge in [-0.3, -0.25) is 9.59 Å². The summed E-state index contributed by atoms with van der Waals surface area (Å²) in [5.41, 5.74) is 1.55. The Bertz CT molecular complexity index is 582. The largest absolute Gasteiger partial charge is 0.352 e. The minimum atomic E-state index is -0.0260. The third-order valence-electron chi connectivity index (χ3n) is 5.03. The van der Waals surface area contributed by atoms with Crippen molar-refractivity contribution in [3.05, 3.63) is 29.8 Å². The Labute approximate surface area is 154 Å². The first-order valence-electron chi connectivity index (χ1n) is 9.54. The minimum absolute atomic E-state index is 0.0260. The fourth-order valence-corrected chi connectivity index (χ4v) is 4.88. The van der Waals surface area contributed by atoms with Crippen LogP contribution < -0.4 is 10.2 Å². The standard InChI is InChI=1S/C20H28N2O2S/c23-19-8-4-14-22(19)17-11-9-16(10-12-17)20(24)21-13-5-15-25-18-6-2-1-3-7-18/h9-12,18H,1-8,13-15H2,(H,21,24). The molecule has 1 aliphatic heterocycles. The number of hydrogen-bond acceptors (Lipinski definition) is 3. The van der Waals surface area contributed by atoms with Crippen molar-refractivity contribution in [3.8, 4) is 0 Å². The number of benzene rings is 1. The maximum atomic E-state index is 12.2. The summed E-state index contributed by atoms with van der Waals surface area (Å²) >= 11 is 2.07. The van der Waals surface area contributed by atoms with E-state index in [2.05, 4.69) is 17.1 Å². The Kier molecular flexibility index (Phi) is 6.79. The average molecular weight is 361 g/mol. The second kappa shape index (κ2) is 9.27. The van der Waals surface area contributed by atoms with Crippen molar-refractivity contribution < 1.29 is 9.59 Å². The third kappa shape index (κ3) is 5.24. The highest BCUT2D eigenvalue weighted by Crippen LogP contribution is 2.28. The quantitative estimate of drug-likeness (QED) is 0.748. The van der Waals surface area contributed by atoms with Crippen LogP contribution in [0.5, 0.6) is 0 Å². The monoisotopic (exact) mass is 360 g/mol. The van der Waals surface area contributed by atoms with Crippen LogP contribution in [0.3, 0.4) is 0 Å². The summed E-state index contributed by atoms with van der Waals surface area (Å²) in [6.45, 7) is 1.51. The fourth-order valence-electron chi connectivity index (χ4n) is 3.57. The van der Waals surface area contributed by atoms with E-state index in [1.807, 2.05) is 24.3 Å². The lowest BCUT2D eigenvalue weighted by Gasteiger charge is -2.20. The first-order chi connectivity index (χ1) is 12.2. The minimum Gasteiger partial charge on any atom is -0.352 e. The second-order valence-corrected chi connectivity index (χ2v) is 8.34. The van der Waals surface area contributed by atoms with Gasteiger partial charge in [0.15, 0.2) is 0 Å². The van der Waals surface area contributed by atoms with E-state index in [1.165, 1.54) is 32.1 Å². The first-order valence-corrected chi connectivity index (χ1v) is 10.6. The Hall–Kier alpha value is -1.49. The molecule has 1 saturated carbocycles. The summed E-state index contributed by atoms with van der Waals surface area (Å²) in [4.78, 5) is 25.8. The molecule has 2 aliphatic rings. The van der Waals surface area contributed by atoms with Crippen molar-refractivity contribution >= 4 is 29.3 Å². The van der Waals surface area contributed by atoms with Gasteiger partial charge in [-0.15, -0.1) is 0 Å². The van der Waals surface area contributed by atoms with Crippen LogP contribution in [0, 0.1) is 0 Å². The Morgan fingerprint density at radius 3 is 2.56 bits per heavy atom. The Morgan fingerprint density at radius 2 is 1.88 bits per heavy atom. The molecule has 1 saturated heterocycles. The van der Waals surface area contributed by atoms with Crippen LogP contribution in [0.1, 0.15) is 61.7 Å². The third-order valence-corrected chi connectivity index (χ3v) is 6.49. The molecule has 1 aromatic carbocycles. The summed E-state index contributed by atoms with van der Waals surface area (Å²) in [6, 6.07) is 7.37. The van der Waals surface area contributed by atoms with Gasteiger partial charge < -0.3 is 10.2 Å². The van der Waals surface area contributed by atoms with Gasteiger partial charge in [-0.1, -0.05) is 19.3 Å². The van der Waals surface area contributed by atoms with E-state index in [-0.39, 0.29) is 11.8 Å². The molecular weight excluding hydrogens is 332 g/mol. The SMILES string of the molecule is O=C(NCCCSC1CCCCC1)c1ccc(N2CCCC2=O)cc1. The zero-order chi connectivity index (χ0) is 17.5. The number of nitrogens with one attached hydrogen (secondary N) is 1. The maximum Gasteiger partial charge on any atom is 0.251 e. The number of carbonyl (C=O) groups is 2. The van der Waals surface area contributed by atoms with Gasteiger partial charge in [0.2, 0.25) is 5.91 Å². The number of amides is 2. The molecule has 2 fully saturated rings. The van der Waals surface area contributed by atoms with E-state index in [0.29, 0.717) is 12.0 Å². The summed E-state index contributed by atoms with van der Waals surface area (Å²) in [7, 11) is 0. The lowest BCUT2D eigenvalue weighted by Crippen LogP contribution is -2.26. The lowest BCUT2D eigenvalue weighted by molar-refractivity contribution is -0.117. The fraction of sp³-hybridized carbons (Fsp3) is 0.600. The van der Waals surface area contributed by atoms with Crippen LogP contribution in [0.4, 0.5) is 5.69 Å². The van der Waals surface area contributed by atoms with Gasteiger partial charge in [0.1, 0.15) is 0 Å². The Morgan fingerprint density at radius 1 is 1.12 bits per heavy atom. The molecular formula is C20H28N2O2S. The smallest absolute Gasteiger partial charge is 0.251 e. The maximum absolute atomic E-state index is 12.2. The highest BCUT2D eigenvalue weighted by molar-refractivity contribution is 7.99. The van der Waals surface area contributed by atoms with Crippen molar-refractivity contribution in [2.45, 2.75) is 56.6 Å². The Balaban J connectivity index is 1.37. The van der Waals surface area contributed by atoms with E-state index in [4.69, 9.17) is 0 Å². The van der Waals surface area contributed by atoms with Crippen LogP contribution in [-0.4, -0.2) is 35.9 Å². The molecule has 0 radical (unpaired) electrons. The molecule has 0 bridgehead atoms. The van der Waals surface area contributed by atoms with Crippen molar-refractivity contribution in [3.63, 3.8) is 0 Å². The molecule has 3 rings (SSSR count). The number of anilines is 1. The van der Waals surface area contributed by atoms with E-state index in [9.17, 15) is 9.59 Å². The zero-order valence-electron chi connectivity index (χ0n) is 14.8. The predicted molar refractivity (Wildman–Crippen MR) is 104 cm³/mol.